The topological polar surface area (TPSA) is 62.1 Å². The van der Waals surface area contributed by atoms with Gasteiger partial charge in [-0.3, -0.25) is 4.79 Å². The first kappa shape index (κ1) is 23.1. The number of aryl methyl sites for hydroxylation is 2. The number of nitriles is 1. The summed E-state index contributed by atoms with van der Waals surface area (Å²) >= 11 is 6.10. The van der Waals surface area contributed by atoms with E-state index in [0.29, 0.717) is 28.6 Å². The molecule has 0 aliphatic rings. The summed E-state index contributed by atoms with van der Waals surface area (Å²) in [7, 11) is 0. The van der Waals surface area contributed by atoms with Crippen molar-refractivity contribution in [1.29, 1.82) is 5.26 Å². The highest BCUT2D eigenvalue weighted by molar-refractivity contribution is 6.30. The molecule has 4 nitrogen and oxygen atoms in total. The molecule has 4 aromatic rings. The van der Waals surface area contributed by atoms with Gasteiger partial charge in [0.2, 0.25) is 0 Å². The van der Waals surface area contributed by atoms with Crippen molar-refractivity contribution >= 4 is 40.0 Å². The van der Waals surface area contributed by atoms with Crippen molar-refractivity contribution < 1.29 is 9.53 Å². The van der Waals surface area contributed by atoms with Crippen molar-refractivity contribution in [3.8, 4) is 11.8 Å². The number of carbonyl (C=O) groups is 1. The molecule has 0 saturated carbocycles. The van der Waals surface area contributed by atoms with E-state index in [1.165, 1.54) is 0 Å². The van der Waals surface area contributed by atoms with Gasteiger partial charge in [0.25, 0.3) is 5.91 Å². The molecule has 5 heteroatoms. The van der Waals surface area contributed by atoms with Crippen LogP contribution in [0.4, 0.5) is 5.69 Å². The number of nitrogens with zero attached hydrogens (tertiary/aromatic N) is 1. The van der Waals surface area contributed by atoms with E-state index in [2.05, 4.69) is 11.4 Å². The molecule has 4 aromatic carbocycles. The Balaban J connectivity index is 1.70. The number of rotatable bonds is 6. The second kappa shape index (κ2) is 10.2. The molecule has 0 heterocycles. The Morgan fingerprint density at radius 2 is 1.85 bits per heavy atom. The number of hydrogen-bond acceptors (Lipinski definition) is 3. The first-order valence-electron chi connectivity index (χ1n) is 10.8. The molecule has 4 rings (SSSR count). The molecule has 0 atom stereocenters. The average molecular weight is 467 g/mol. The molecule has 0 saturated heterocycles. The summed E-state index contributed by atoms with van der Waals surface area (Å²) < 4.78 is 6.12. The number of nitrogens with one attached hydrogen (secondary N) is 1. The first-order chi connectivity index (χ1) is 16.4. The summed E-state index contributed by atoms with van der Waals surface area (Å²) in [4.78, 5) is 13.0. The highest BCUT2D eigenvalue weighted by Gasteiger charge is 2.15. The van der Waals surface area contributed by atoms with Gasteiger partial charge in [-0.2, -0.15) is 5.26 Å². The average Bonchev–Trinajstić information content (AvgIpc) is 2.83. The Kier molecular flexibility index (Phi) is 6.96. The van der Waals surface area contributed by atoms with Gasteiger partial charge < -0.3 is 10.1 Å². The zero-order valence-corrected chi connectivity index (χ0v) is 19.7. The molecule has 0 fully saturated rings. The van der Waals surface area contributed by atoms with E-state index in [1.807, 2.05) is 92.7 Å². The van der Waals surface area contributed by atoms with Crippen LogP contribution in [0.5, 0.6) is 5.75 Å². The van der Waals surface area contributed by atoms with Crippen LogP contribution in [0.3, 0.4) is 0 Å². The minimum Gasteiger partial charge on any atom is -0.488 e. The van der Waals surface area contributed by atoms with E-state index < -0.39 is 5.91 Å². The van der Waals surface area contributed by atoms with Crippen molar-refractivity contribution in [1.82, 2.24) is 0 Å². The normalized spacial score (nSPS) is 11.2. The van der Waals surface area contributed by atoms with Crippen LogP contribution in [-0.4, -0.2) is 5.91 Å². The van der Waals surface area contributed by atoms with Crippen LogP contribution in [0.1, 0.15) is 22.3 Å². The molecule has 0 aliphatic heterocycles. The van der Waals surface area contributed by atoms with Gasteiger partial charge >= 0.3 is 0 Å². The van der Waals surface area contributed by atoms with E-state index >= 15 is 0 Å². The van der Waals surface area contributed by atoms with E-state index in [0.717, 1.165) is 27.5 Å². The molecule has 34 heavy (non-hydrogen) atoms. The zero-order chi connectivity index (χ0) is 24.1. The predicted molar refractivity (Wildman–Crippen MR) is 138 cm³/mol. The fourth-order valence-corrected chi connectivity index (χ4v) is 3.99. The molecule has 1 amide bonds. The van der Waals surface area contributed by atoms with Gasteiger partial charge in [0.15, 0.2) is 0 Å². The fourth-order valence-electron chi connectivity index (χ4n) is 3.77. The van der Waals surface area contributed by atoms with Crippen molar-refractivity contribution in [2.45, 2.75) is 20.5 Å². The molecule has 0 aliphatic carbocycles. The maximum Gasteiger partial charge on any atom is 0.266 e. The fraction of sp³-hybridized carbons (Fsp3) is 0.103. The second-order valence-electron chi connectivity index (χ2n) is 8.06. The molecule has 0 unspecified atom stereocenters. The summed E-state index contributed by atoms with van der Waals surface area (Å²) in [6.07, 6.45) is 1.59. The zero-order valence-electron chi connectivity index (χ0n) is 18.9. The van der Waals surface area contributed by atoms with Crippen LogP contribution < -0.4 is 10.1 Å². The Morgan fingerprint density at radius 3 is 2.62 bits per heavy atom. The standard InChI is InChI=1S/C29H23ClN2O2/c1-19-10-12-27(20(2)14-19)32-29(33)23(17-31)16-26-25-9-4-3-7-22(25)11-13-28(26)34-18-21-6-5-8-24(30)15-21/h3-16H,18H2,1-2H3,(H,32,33)/b23-16+. The van der Waals surface area contributed by atoms with Crippen molar-refractivity contribution in [3.63, 3.8) is 0 Å². The Labute approximate surface area is 204 Å². The first-order valence-corrected chi connectivity index (χ1v) is 11.2. The lowest BCUT2D eigenvalue weighted by Crippen LogP contribution is -2.14. The quantitative estimate of drug-likeness (QED) is 0.241. The molecule has 0 aromatic heterocycles. The number of carbonyl (C=O) groups excluding carboxylic acids is 1. The Morgan fingerprint density at radius 1 is 1.03 bits per heavy atom. The van der Waals surface area contributed by atoms with Crippen LogP contribution in [0, 0.1) is 25.2 Å². The summed E-state index contributed by atoms with van der Waals surface area (Å²) in [6.45, 7) is 4.21. The molecule has 0 bridgehead atoms. The maximum absolute atomic E-state index is 13.0. The number of hydrogen-bond donors (Lipinski definition) is 1. The van der Waals surface area contributed by atoms with Crippen molar-refractivity contribution in [2.24, 2.45) is 0 Å². The minimum absolute atomic E-state index is 0.0102. The number of amides is 1. The van der Waals surface area contributed by atoms with Crippen LogP contribution >= 0.6 is 11.6 Å². The highest BCUT2D eigenvalue weighted by atomic mass is 35.5. The largest absolute Gasteiger partial charge is 0.488 e. The van der Waals surface area contributed by atoms with Gasteiger partial charge in [0, 0.05) is 16.3 Å². The summed E-state index contributed by atoms with van der Waals surface area (Å²) in [5.41, 5.74) is 4.29. The van der Waals surface area contributed by atoms with Crippen molar-refractivity contribution in [2.75, 3.05) is 5.32 Å². The van der Waals surface area contributed by atoms with Gasteiger partial charge in [-0.1, -0.05) is 71.8 Å². The van der Waals surface area contributed by atoms with Crippen LogP contribution in [-0.2, 0) is 11.4 Å². The van der Waals surface area contributed by atoms with Crippen LogP contribution in [0.15, 0.2) is 84.4 Å². The molecule has 0 radical (unpaired) electrons. The maximum atomic E-state index is 13.0. The number of halogens is 1. The minimum atomic E-state index is -0.469. The molecular formula is C29H23ClN2O2. The van der Waals surface area contributed by atoms with E-state index in [4.69, 9.17) is 16.3 Å². The second-order valence-corrected chi connectivity index (χ2v) is 8.50. The number of benzene rings is 4. The predicted octanol–water partition coefficient (Wildman–Crippen LogP) is 7.23. The van der Waals surface area contributed by atoms with Gasteiger partial charge in [0.05, 0.1) is 0 Å². The van der Waals surface area contributed by atoms with Gasteiger partial charge in [0.1, 0.15) is 24.0 Å². The van der Waals surface area contributed by atoms with Gasteiger partial charge in [-0.05, 0) is 66.1 Å². The number of ether oxygens (including phenoxy) is 1. The molecule has 168 valence electrons. The summed E-state index contributed by atoms with van der Waals surface area (Å²) in [5, 5.41) is 15.2. The van der Waals surface area contributed by atoms with Gasteiger partial charge in [-0.15, -0.1) is 0 Å². The molecular weight excluding hydrogens is 444 g/mol. The lowest BCUT2D eigenvalue weighted by Gasteiger charge is -2.13. The van der Waals surface area contributed by atoms with E-state index in [9.17, 15) is 10.1 Å². The van der Waals surface area contributed by atoms with Gasteiger partial charge in [-0.25, -0.2) is 0 Å². The van der Waals surface area contributed by atoms with Crippen LogP contribution in [0.25, 0.3) is 16.8 Å². The smallest absolute Gasteiger partial charge is 0.266 e. The third-order valence-corrected chi connectivity index (χ3v) is 5.73. The Hall–Kier alpha value is -4.07. The summed E-state index contributed by atoms with van der Waals surface area (Å²) in [6, 6.07) is 26.9. The highest BCUT2D eigenvalue weighted by Crippen LogP contribution is 2.31. The number of fused-ring (bicyclic) bond motifs is 1. The van der Waals surface area contributed by atoms with Crippen molar-refractivity contribution in [3.05, 3.63) is 112 Å². The molecule has 0 spiro atoms. The number of anilines is 1. The molecule has 1 N–H and O–H groups in total. The van der Waals surface area contributed by atoms with E-state index in [1.54, 1.807) is 6.08 Å². The third-order valence-electron chi connectivity index (χ3n) is 5.50. The van der Waals surface area contributed by atoms with E-state index in [-0.39, 0.29) is 5.57 Å². The van der Waals surface area contributed by atoms with Crippen LogP contribution in [0.2, 0.25) is 5.02 Å². The lowest BCUT2D eigenvalue weighted by atomic mass is 10.0. The summed E-state index contributed by atoms with van der Waals surface area (Å²) in [5.74, 6) is 0.105. The third kappa shape index (κ3) is 5.28. The lowest BCUT2D eigenvalue weighted by molar-refractivity contribution is -0.112. The Bertz CT molecular complexity index is 1450. The SMILES string of the molecule is Cc1ccc(NC(=O)/C(C#N)=C/c2c(OCc3cccc(Cl)c3)ccc3ccccc23)c(C)c1. The monoisotopic (exact) mass is 466 g/mol.